The van der Waals surface area contributed by atoms with E-state index in [1.807, 2.05) is 54.6 Å². The third kappa shape index (κ3) is 7.49. The average molecular weight is 399 g/mol. The number of aliphatic hydroxyl groups is 3. The van der Waals surface area contributed by atoms with Gasteiger partial charge >= 0.3 is 0 Å². The molecule has 0 aromatic heterocycles. The number of unbranched alkanes of at least 4 members (excludes halogenated alkanes) is 1. The lowest BCUT2D eigenvalue weighted by atomic mass is 9.98. The second-order valence-corrected chi connectivity index (χ2v) is 7.12. The summed E-state index contributed by atoms with van der Waals surface area (Å²) < 4.78 is 0. The highest BCUT2D eigenvalue weighted by Gasteiger charge is 2.30. The minimum Gasteiger partial charge on any atom is -0.394 e. The molecule has 2 aromatic carbocycles. The van der Waals surface area contributed by atoms with Crippen molar-refractivity contribution in [3.05, 3.63) is 65.7 Å². The molecule has 0 amide bonds. The number of aliphatic hydroxyl groups excluding tert-OH is 3. The minimum atomic E-state index is -1.70. The van der Waals surface area contributed by atoms with Gasteiger partial charge in [-0.2, -0.15) is 10.2 Å². The van der Waals surface area contributed by atoms with E-state index in [-0.39, 0.29) is 0 Å². The van der Waals surface area contributed by atoms with E-state index in [2.05, 4.69) is 17.2 Å². The molecule has 3 atom stereocenters. The molecular formula is C23H30N2O4. The molecule has 3 N–H and O–H groups in total. The maximum atomic E-state index is 12.6. The molecule has 29 heavy (non-hydrogen) atoms. The lowest BCUT2D eigenvalue weighted by molar-refractivity contribution is -0.136. The Labute approximate surface area is 171 Å². The summed E-state index contributed by atoms with van der Waals surface area (Å²) in [7, 11) is 0. The van der Waals surface area contributed by atoms with Gasteiger partial charge < -0.3 is 15.3 Å². The Kier molecular flexibility index (Phi) is 9.64. The van der Waals surface area contributed by atoms with Crippen LogP contribution >= 0.6 is 0 Å². The number of carbonyl (C=O) groups excluding carboxylic acids is 1. The lowest BCUT2D eigenvalue weighted by Crippen LogP contribution is -2.41. The van der Waals surface area contributed by atoms with Gasteiger partial charge in [-0.15, -0.1) is 0 Å². The summed E-state index contributed by atoms with van der Waals surface area (Å²) in [5, 5.41) is 37.0. The highest BCUT2D eigenvalue weighted by atomic mass is 16.4. The van der Waals surface area contributed by atoms with Crippen molar-refractivity contribution < 1.29 is 20.1 Å². The molecule has 0 spiro atoms. The number of hydrogen-bond donors (Lipinski definition) is 3. The Balaban J connectivity index is 2.10. The molecule has 156 valence electrons. The number of aryl methyl sites for hydroxylation is 2. The first kappa shape index (κ1) is 22.9. The maximum absolute atomic E-state index is 12.6. The van der Waals surface area contributed by atoms with Gasteiger partial charge in [0.05, 0.1) is 12.3 Å². The van der Waals surface area contributed by atoms with E-state index in [0.717, 1.165) is 24.8 Å². The second-order valence-electron chi connectivity index (χ2n) is 7.12. The number of nitrogens with zero attached hydrogens (tertiary/aromatic N) is 2. The standard InChI is InChI=1S/C23H30N2O4/c1-2-3-7-18-10-13-19(14-11-18)24-25-20(22(28)23(29)21(27)16-26)15-12-17-8-5-4-6-9-17/h4-6,8-11,13-14,20-21,23,26-27,29H,2-3,7,12,15-16H2,1H3. The number of Topliss-reactive ketones (excluding diaryl/α,β-unsaturated/α-hetero) is 1. The van der Waals surface area contributed by atoms with Gasteiger partial charge in [0.2, 0.25) is 0 Å². The molecular weight excluding hydrogens is 368 g/mol. The molecule has 0 aliphatic heterocycles. The first-order valence-electron chi connectivity index (χ1n) is 10.1. The number of ketones is 1. The molecule has 0 aliphatic rings. The Morgan fingerprint density at radius 3 is 2.24 bits per heavy atom. The second kappa shape index (κ2) is 12.2. The van der Waals surface area contributed by atoms with Gasteiger partial charge in [-0.25, -0.2) is 0 Å². The quantitative estimate of drug-likeness (QED) is 0.477. The zero-order valence-electron chi connectivity index (χ0n) is 16.8. The SMILES string of the molecule is CCCCc1ccc(N=NC(CCc2ccccc2)C(=O)C(O)C(O)CO)cc1. The molecule has 0 fully saturated rings. The topological polar surface area (TPSA) is 102 Å². The van der Waals surface area contributed by atoms with Gasteiger partial charge in [0.15, 0.2) is 5.78 Å². The number of hydrogen-bond acceptors (Lipinski definition) is 6. The molecule has 0 radical (unpaired) electrons. The summed E-state index contributed by atoms with van der Waals surface area (Å²) in [6, 6.07) is 16.4. The van der Waals surface area contributed by atoms with Crippen molar-refractivity contribution in [3.8, 4) is 0 Å². The number of carbonyl (C=O) groups is 1. The first-order chi connectivity index (χ1) is 14.0. The van der Waals surface area contributed by atoms with Gasteiger partial charge in [0.1, 0.15) is 18.2 Å². The maximum Gasteiger partial charge on any atom is 0.190 e. The fourth-order valence-electron chi connectivity index (χ4n) is 2.94. The fraction of sp³-hybridized carbons (Fsp3) is 0.435. The molecule has 0 bridgehead atoms. The minimum absolute atomic E-state index is 0.343. The van der Waals surface area contributed by atoms with Crippen LogP contribution in [-0.4, -0.2) is 46.0 Å². The average Bonchev–Trinajstić information content (AvgIpc) is 2.77. The van der Waals surface area contributed by atoms with E-state index in [9.17, 15) is 15.0 Å². The summed E-state index contributed by atoms with van der Waals surface area (Å²) in [5.41, 5.74) is 2.89. The van der Waals surface area contributed by atoms with Crippen molar-refractivity contribution in [1.82, 2.24) is 0 Å². The predicted octanol–water partition coefficient (Wildman–Crippen LogP) is 3.40. The van der Waals surface area contributed by atoms with Crippen molar-refractivity contribution in [2.45, 2.75) is 57.3 Å². The Hall–Kier alpha value is -2.41. The van der Waals surface area contributed by atoms with Gasteiger partial charge in [-0.05, 0) is 48.9 Å². The van der Waals surface area contributed by atoms with E-state index >= 15 is 0 Å². The van der Waals surface area contributed by atoms with Crippen molar-refractivity contribution in [2.75, 3.05) is 6.61 Å². The first-order valence-corrected chi connectivity index (χ1v) is 10.1. The van der Waals surface area contributed by atoms with Crippen LogP contribution < -0.4 is 0 Å². The van der Waals surface area contributed by atoms with Gasteiger partial charge in [-0.3, -0.25) is 4.79 Å². The van der Waals surface area contributed by atoms with E-state index in [0.29, 0.717) is 18.5 Å². The largest absolute Gasteiger partial charge is 0.394 e. The smallest absolute Gasteiger partial charge is 0.190 e. The lowest BCUT2D eigenvalue weighted by Gasteiger charge is -2.18. The summed E-state index contributed by atoms with van der Waals surface area (Å²) in [5.74, 6) is -0.647. The summed E-state index contributed by atoms with van der Waals surface area (Å²) in [4.78, 5) is 12.6. The van der Waals surface area contributed by atoms with Crippen LogP contribution in [0.4, 0.5) is 5.69 Å². The van der Waals surface area contributed by atoms with E-state index < -0.39 is 30.6 Å². The summed E-state index contributed by atoms with van der Waals surface area (Å²) in [6.07, 6.45) is 0.962. The highest BCUT2D eigenvalue weighted by Crippen LogP contribution is 2.18. The van der Waals surface area contributed by atoms with Crippen LogP contribution in [0.25, 0.3) is 0 Å². The molecule has 6 nitrogen and oxygen atoms in total. The molecule has 6 heteroatoms. The van der Waals surface area contributed by atoms with Crippen molar-refractivity contribution >= 4 is 11.5 Å². The predicted molar refractivity (Wildman–Crippen MR) is 112 cm³/mol. The van der Waals surface area contributed by atoms with Crippen LogP contribution in [0, 0.1) is 0 Å². The van der Waals surface area contributed by atoms with Crippen LogP contribution in [0.15, 0.2) is 64.8 Å². The number of rotatable bonds is 12. The fourth-order valence-corrected chi connectivity index (χ4v) is 2.94. The number of benzene rings is 2. The van der Waals surface area contributed by atoms with Crippen molar-refractivity contribution in [1.29, 1.82) is 0 Å². The van der Waals surface area contributed by atoms with Gasteiger partial charge in [0, 0.05) is 0 Å². The third-order valence-electron chi connectivity index (χ3n) is 4.79. The summed E-state index contributed by atoms with van der Waals surface area (Å²) in [6.45, 7) is 1.45. The molecule has 0 aliphatic carbocycles. The monoisotopic (exact) mass is 398 g/mol. The normalized spacial score (nSPS) is 14.6. The molecule has 0 heterocycles. The highest BCUT2D eigenvalue weighted by molar-refractivity contribution is 5.88. The van der Waals surface area contributed by atoms with E-state index in [4.69, 9.17) is 5.11 Å². The van der Waals surface area contributed by atoms with Crippen LogP contribution in [0.3, 0.4) is 0 Å². The molecule has 2 rings (SSSR count). The Morgan fingerprint density at radius 2 is 1.62 bits per heavy atom. The van der Waals surface area contributed by atoms with Gasteiger partial charge in [0.25, 0.3) is 0 Å². The molecule has 0 saturated carbocycles. The van der Waals surface area contributed by atoms with Crippen LogP contribution in [0.5, 0.6) is 0 Å². The van der Waals surface area contributed by atoms with E-state index in [1.54, 1.807) is 0 Å². The van der Waals surface area contributed by atoms with Crippen LogP contribution in [0.2, 0.25) is 0 Å². The van der Waals surface area contributed by atoms with Crippen molar-refractivity contribution in [3.63, 3.8) is 0 Å². The zero-order chi connectivity index (χ0) is 21.1. The van der Waals surface area contributed by atoms with Gasteiger partial charge in [-0.1, -0.05) is 55.8 Å². The van der Waals surface area contributed by atoms with E-state index in [1.165, 1.54) is 5.56 Å². The number of azo groups is 1. The Bertz CT molecular complexity index is 762. The zero-order valence-corrected chi connectivity index (χ0v) is 16.8. The molecule has 2 aromatic rings. The summed E-state index contributed by atoms with van der Waals surface area (Å²) >= 11 is 0. The van der Waals surface area contributed by atoms with Crippen molar-refractivity contribution in [2.24, 2.45) is 10.2 Å². The Morgan fingerprint density at radius 1 is 0.966 bits per heavy atom. The van der Waals surface area contributed by atoms with Crippen LogP contribution in [-0.2, 0) is 17.6 Å². The molecule has 3 unspecified atom stereocenters. The third-order valence-corrected chi connectivity index (χ3v) is 4.79. The molecule has 0 saturated heterocycles. The van der Waals surface area contributed by atoms with Crippen LogP contribution in [0.1, 0.15) is 37.3 Å².